The van der Waals surface area contributed by atoms with Gasteiger partial charge in [0.2, 0.25) is 0 Å². The molecular formula is C12H17IOSi. The maximum absolute atomic E-state index is 5.13. The highest BCUT2D eigenvalue weighted by Gasteiger charge is 2.16. The zero-order chi connectivity index (χ0) is 11.5. The van der Waals surface area contributed by atoms with Crippen LogP contribution in [0.15, 0.2) is 27.5 Å². The van der Waals surface area contributed by atoms with E-state index in [1.54, 1.807) is 7.11 Å². The summed E-state index contributed by atoms with van der Waals surface area (Å²) in [6.45, 7) is 7.07. The molecule has 0 saturated heterocycles. The Labute approximate surface area is 107 Å². The number of halogens is 1. The van der Waals surface area contributed by atoms with Gasteiger partial charge in [-0.1, -0.05) is 54.4 Å². The van der Waals surface area contributed by atoms with Crippen molar-refractivity contribution < 1.29 is 4.74 Å². The second-order valence-electron chi connectivity index (χ2n) is 4.52. The van der Waals surface area contributed by atoms with E-state index in [0.717, 1.165) is 5.75 Å². The molecule has 0 aromatic heterocycles. The fourth-order valence-corrected chi connectivity index (χ4v) is 2.02. The molecule has 3 heteroatoms. The summed E-state index contributed by atoms with van der Waals surface area (Å²) in [7, 11) is 0.542. The molecule has 0 unspecified atom stereocenters. The molecule has 15 heavy (non-hydrogen) atoms. The van der Waals surface area contributed by atoms with E-state index in [4.69, 9.17) is 4.74 Å². The van der Waals surface area contributed by atoms with Gasteiger partial charge in [0.15, 0.2) is 0 Å². The largest absolute Gasteiger partial charge is 0.497 e. The molecule has 0 aliphatic carbocycles. The summed E-state index contributed by atoms with van der Waals surface area (Å²) < 4.78 is 6.62. The maximum atomic E-state index is 5.13. The molecular weight excluding hydrogens is 315 g/mol. The van der Waals surface area contributed by atoms with Gasteiger partial charge >= 0.3 is 0 Å². The maximum Gasteiger partial charge on any atom is 0.118 e. The number of ether oxygens (including phenoxy) is 1. The molecule has 0 radical (unpaired) electrons. The van der Waals surface area contributed by atoms with Gasteiger partial charge in [-0.15, -0.1) is 0 Å². The van der Waals surface area contributed by atoms with E-state index in [0.29, 0.717) is 0 Å². The first-order valence-electron chi connectivity index (χ1n) is 4.95. The topological polar surface area (TPSA) is 9.23 Å². The predicted molar refractivity (Wildman–Crippen MR) is 78.3 cm³/mol. The Balaban J connectivity index is 2.89. The molecule has 0 amide bonds. The second kappa shape index (κ2) is 5.16. The number of methoxy groups -OCH3 is 1. The van der Waals surface area contributed by atoms with Crippen LogP contribution in [0.4, 0.5) is 0 Å². The minimum absolute atomic E-state index is 0.912. The van der Waals surface area contributed by atoms with Crippen LogP contribution in [0.3, 0.4) is 0 Å². The van der Waals surface area contributed by atoms with Crippen LogP contribution in [0.5, 0.6) is 5.75 Å². The van der Waals surface area contributed by atoms with E-state index >= 15 is 0 Å². The van der Waals surface area contributed by atoms with Crippen LogP contribution in [0, 0.1) is 0 Å². The Hall–Kier alpha value is -0.293. The van der Waals surface area contributed by atoms with Crippen molar-refractivity contribution in [1.29, 1.82) is 0 Å². The van der Waals surface area contributed by atoms with Crippen molar-refractivity contribution in [2.75, 3.05) is 7.11 Å². The number of hydrogen-bond donors (Lipinski definition) is 0. The molecule has 1 rings (SSSR count). The quantitative estimate of drug-likeness (QED) is 0.591. The fraction of sp³-hybridized carbons (Fsp3) is 0.333. The van der Waals surface area contributed by atoms with Crippen LogP contribution in [-0.4, -0.2) is 15.2 Å². The average Bonchev–Trinajstić information content (AvgIpc) is 2.17. The fourth-order valence-electron chi connectivity index (χ4n) is 1.06. The Morgan fingerprint density at radius 2 is 1.73 bits per heavy atom. The molecule has 0 N–H and O–H groups in total. The van der Waals surface area contributed by atoms with Crippen molar-refractivity contribution in [3.63, 3.8) is 0 Å². The third-order valence-electron chi connectivity index (χ3n) is 2.13. The first kappa shape index (κ1) is 12.8. The van der Waals surface area contributed by atoms with Crippen molar-refractivity contribution >= 4 is 36.7 Å². The SMILES string of the molecule is COc1ccc(/C=C(/I)[Si](C)(C)C)cc1. The normalized spacial score (nSPS) is 12.7. The van der Waals surface area contributed by atoms with Gasteiger partial charge < -0.3 is 4.74 Å². The lowest BCUT2D eigenvalue weighted by Gasteiger charge is -2.15. The van der Waals surface area contributed by atoms with Crippen molar-refractivity contribution in [1.82, 2.24) is 0 Å². The Morgan fingerprint density at radius 1 is 1.20 bits per heavy atom. The van der Waals surface area contributed by atoms with Gasteiger partial charge in [0.1, 0.15) is 5.75 Å². The van der Waals surface area contributed by atoms with Crippen molar-refractivity contribution in [3.05, 3.63) is 33.0 Å². The number of benzene rings is 1. The van der Waals surface area contributed by atoms with Gasteiger partial charge in [-0.05, 0) is 27.0 Å². The highest BCUT2D eigenvalue weighted by Crippen LogP contribution is 2.24. The molecule has 0 aliphatic rings. The highest BCUT2D eigenvalue weighted by molar-refractivity contribution is 14.1. The summed E-state index contributed by atoms with van der Waals surface area (Å²) >= 11 is 2.46. The zero-order valence-electron chi connectivity index (χ0n) is 9.67. The molecule has 1 nitrogen and oxygen atoms in total. The molecule has 1 aromatic carbocycles. The summed E-state index contributed by atoms with van der Waals surface area (Å²) in [5.41, 5.74) is 1.25. The molecule has 0 saturated carbocycles. The summed E-state index contributed by atoms with van der Waals surface area (Å²) in [5, 5.41) is 0. The van der Waals surface area contributed by atoms with Gasteiger partial charge in [-0.2, -0.15) is 0 Å². The zero-order valence-corrected chi connectivity index (χ0v) is 12.8. The summed E-state index contributed by atoms with van der Waals surface area (Å²) in [5.74, 6) is 0.912. The van der Waals surface area contributed by atoms with E-state index in [2.05, 4.69) is 60.4 Å². The Kier molecular flexibility index (Phi) is 4.40. The van der Waals surface area contributed by atoms with E-state index in [-0.39, 0.29) is 0 Å². The van der Waals surface area contributed by atoms with Crippen LogP contribution in [0.1, 0.15) is 5.56 Å². The first-order chi connectivity index (χ1) is 6.93. The third kappa shape index (κ3) is 3.99. The molecule has 82 valence electrons. The van der Waals surface area contributed by atoms with Gasteiger partial charge in [-0.25, -0.2) is 0 Å². The summed E-state index contributed by atoms with van der Waals surface area (Å²) in [4.78, 5) is 0. The predicted octanol–water partition coefficient (Wildman–Crippen LogP) is 4.35. The van der Waals surface area contributed by atoms with Gasteiger partial charge in [0.25, 0.3) is 0 Å². The standard InChI is InChI=1S/C12H17IOSi/c1-14-11-7-5-10(6-8-11)9-12(13)15(2,3)4/h5-9H,1-4H3/b12-9-. The van der Waals surface area contributed by atoms with E-state index in [1.165, 1.54) is 8.77 Å². The lowest BCUT2D eigenvalue weighted by atomic mass is 10.2. The molecule has 0 spiro atoms. The molecule has 0 heterocycles. The van der Waals surface area contributed by atoms with E-state index in [9.17, 15) is 0 Å². The Bertz CT molecular complexity index is 349. The molecule has 0 bridgehead atoms. The molecule has 0 atom stereocenters. The minimum atomic E-state index is -1.15. The number of rotatable bonds is 3. The Morgan fingerprint density at radius 3 is 2.13 bits per heavy atom. The highest BCUT2D eigenvalue weighted by atomic mass is 127. The molecule has 1 aromatic rings. The summed E-state index contributed by atoms with van der Waals surface area (Å²) in [6, 6.07) is 8.19. The monoisotopic (exact) mass is 332 g/mol. The van der Waals surface area contributed by atoms with Crippen molar-refractivity contribution in [2.24, 2.45) is 0 Å². The number of hydrogen-bond acceptors (Lipinski definition) is 1. The van der Waals surface area contributed by atoms with Gasteiger partial charge in [0, 0.05) is 0 Å². The van der Waals surface area contributed by atoms with Crippen LogP contribution >= 0.6 is 22.6 Å². The van der Waals surface area contributed by atoms with Crippen LogP contribution in [0.25, 0.3) is 6.08 Å². The molecule has 0 fully saturated rings. The first-order valence-corrected chi connectivity index (χ1v) is 9.53. The van der Waals surface area contributed by atoms with E-state index < -0.39 is 8.07 Å². The lowest BCUT2D eigenvalue weighted by molar-refractivity contribution is 0.415. The van der Waals surface area contributed by atoms with E-state index in [1.807, 2.05) is 12.1 Å². The van der Waals surface area contributed by atoms with Crippen LogP contribution in [-0.2, 0) is 0 Å². The van der Waals surface area contributed by atoms with Crippen LogP contribution < -0.4 is 4.74 Å². The molecule has 0 aliphatic heterocycles. The van der Waals surface area contributed by atoms with Gasteiger partial charge in [-0.3, -0.25) is 0 Å². The van der Waals surface area contributed by atoms with Crippen molar-refractivity contribution in [3.8, 4) is 5.75 Å². The smallest absolute Gasteiger partial charge is 0.118 e. The third-order valence-corrected chi connectivity index (χ3v) is 8.87. The van der Waals surface area contributed by atoms with Crippen LogP contribution in [0.2, 0.25) is 19.6 Å². The van der Waals surface area contributed by atoms with Gasteiger partial charge in [0.05, 0.1) is 15.2 Å². The summed E-state index contributed by atoms with van der Waals surface area (Å²) in [6.07, 6.45) is 2.27. The minimum Gasteiger partial charge on any atom is -0.497 e. The second-order valence-corrected chi connectivity index (χ2v) is 11.7. The average molecular weight is 332 g/mol. The lowest BCUT2D eigenvalue weighted by Crippen LogP contribution is -2.19. The van der Waals surface area contributed by atoms with Crippen molar-refractivity contribution in [2.45, 2.75) is 19.6 Å².